The van der Waals surface area contributed by atoms with Gasteiger partial charge in [0.05, 0.1) is 5.41 Å². The van der Waals surface area contributed by atoms with Crippen molar-refractivity contribution in [2.75, 3.05) is 0 Å². The minimum absolute atomic E-state index is 0.400. The molecule has 9 aromatic rings. The molecule has 0 fully saturated rings. The highest BCUT2D eigenvalue weighted by Gasteiger charge is 2.51. The van der Waals surface area contributed by atoms with Crippen molar-refractivity contribution in [3.05, 3.63) is 216 Å². The molecule has 0 nitrogen and oxygen atoms in total. The summed E-state index contributed by atoms with van der Waals surface area (Å²) in [5.74, 6) is 0. The molecule has 0 aromatic heterocycles. The van der Waals surface area contributed by atoms with E-state index in [0.29, 0.717) is 0 Å². The number of fused-ring (bicyclic) bond motifs is 13. The Kier molecular flexibility index (Phi) is 5.80. The number of benzene rings is 9. The van der Waals surface area contributed by atoms with Crippen LogP contribution in [0.3, 0.4) is 0 Å². The van der Waals surface area contributed by atoms with Gasteiger partial charge in [-0.05, 0) is 123 Å². The van der Waals surface area contributed by atoms with E-state index in [-0.39, 0.29) is 0 Å². The van der Waals surface area contributed by atoms with E-state index in [2.05, 4.69) is 194 Å². The molecule has 0 unspecified atom stereocenters. The summed E-state index contributed by atoms with van der Waals surface area (Å²) in [6.45, 7) is 0. The molecule has 0 aliphatic heterocycles. The quantitative estimate of drug-likeness (QED) is 0.176. The van der Waals surface area contributed by atoms with E-state index in [1.807, 2.05) is 0 Å². The first-order valence-corrected chi connectivity index (χ1v) is 18.6. The van der Waals surface area contributed by atoms with Crippen LogP contribution in [0.4, 0.5) is 0 Å². The highest BCUT2D eigenvalue weighted by molar-refractivity contribution is 6.22. The molecule has 244 valence electrons. The Morgan fingerprint density at radius 2 is 0.717 bits per heavy atom. The van der Waals surface area contributed by atoms with E-state index >= 15 is 0 Å². The van der Waals surface area contributed by atoms with Crippen LogP contribution in [-0.2, 0) is 5.41 Å². The van der Waals surface area contributed by atoms with Gasteiger partial charge in [0.15, 0.2) is 0 Å². The molecule has 0 saturated carbocycles. The van der Waals surface area contributed by atoms with Crippen LogP contribution in [0.15, 0.2) is 194 Å². The average molecular weight is 669 g/mol. The van der Waals surface area contributed by atoms with Crippen LogP contribution < -0.4 is 0 Å². The van der Waals surface area contributed by atoms with Crippen LogP contribution in [0.5, 0.6) is 0 Å². The first-order valence-electron chi connectivity index (χ1n) is 18.6. The third-order valence-corrected chi connectivity index (χ3v) is 12.2. The van der Waals surface area contributed by atoms with E-state index in [9.17, 15) is 0 Å². The maximum absolute atomic E-state index is 2.54. The van der Waals surface area contributed by atoms with Gasteiger partial charge in [0.2, 0.25) is 0 Å². The molecule has 0 bridgehead atoms. The fourth-order valence-electron chi connectivity index (χ4n) is 10.2. The fraction of sp³-hybridized carbons (Fsp3) is 0.0189. The molecule has 0 heteroatoms. The van der Waals surface area contributed by atoms with Crippen molar-refractivity contribution < 1.29 is 0 Å². The predicted octanol–water partition coefficient (Wildman–Crippen LogP) is 13.8. The normalized spacial score (nSPS) is 13.4. The first kappa shape index (κ1) is 28.9. The Morgan fingerprint density at radius 3 is 1.32 bits per heavy atom. The van der Waals surface area contributed by atoms with Crippen LogP contribution >= 0.6 is 0 Å². The van der Waals surface area contributed by atoms with E-state index in [4.69, 9.17) is 0 Å². The van der Waals surface area contributed by atoms with Gasteiger partial charge in [-0.2, -0.15) is 0 Å². The fourth-order valence-corrected chi connectivity index (χ4v) is 10.2. The van der Waals surface area contributed by atoms with Gasteiger partial charge in [-0.15, -0.1) is 0 Å². The standard InChI is InChI=1S/C53H32/c1-3-15-33(16-4-1)43-32-44(50(35-17-5-2-6-18-35)52-42-25-14-20-34-19-13-24-41(49(34)42)51(43)52)36-29-30-40-39-23-9-12-28-47(39)53(48(40)31-36)45-26-10-7-21-37(45)38-22-8-11-27-46(38)53/h1-32H. The van der Waals surface area contributed by atoms with E-state index < -0.39 is 5.41 Å². The van der Waals surface area contributed by atoms with E-state index in [1.165, 1.54) is 111 Å². The predicted molar refractivity (Wildman–Crippen MR) is 221 cm³/mol. The van der Waals surface area contributed by atoms with Crippen molar-refractivity contribution >= 4 is 10.8 Å². The second-order valence-corrected chi connectivity index (χ2v) is 14.7. The summed E-state index contributed by atoms with van der Waals surface area (Å²) in [5.41, 5.74) is 23.2. The lowest BCUT2D eigenvalue weighted by Crippen LogP contribution is -2.25. The number of hydrogen-bond acceptors (Lipinski definition) is 0. The highest BCUT2D eigenvalue weighted by Crippen LogP contribution is 2.64. The Labute approximate surface area is 309 Å². The topological polar surface area (TPSA) is 0 Å². The SMILES string of the molecule is c1ccc(-c2cc(-c3ccc4c(c3)C3(c5ccccc5-c5ccccc53)c3ccccc3-4)c(-c3ccccc3)c3c2-c2cccc4cccc-3c24)cc1. The summed E-state index contributed by atoms with van der Waals surface area (Å²) >= 11 is 0. The molecule has 0 N–H and O–H groups in total. The molecule has 0 heterocycles. The lowest BCUT2D eigenvalue weighted by Gasteiger charge is -2.31. The molecule has 12 rings (SSSR count). The molecular formula is C53H32. The van der Waals surface area contributed by atoms with Crippen LogP contribution in [-0.4, -0.2) is 0 Å². The maximum atomic E-state index is 2.54. The van der Waals surface area contributed by atoms with Crippen molar-refractivity contribution in [3.8, 4) is 77.9 Å². The summed E-state index contributed by atoms with van der Waals surface area (Å²) in [4.78, 5) is 0. The van der Waals surface area contributed by atoms with Crippen molar-refractivity contribution in [1.82, 2.24) is 0 Å². The Bertz CT molecular complexity index is 2910. The molecule has 1 spiro atoms. The van der Waals surface area contributed by atoms with Gasteiger partial charge in [-0.3, -0.25) is 0 Å². The van der Waals surface area contributed by atoms with Gasteiger partial charge < -0.3 is 0 Å². The zero-order valence-corrected chi connectivity index (χ0v) is 29.0. The first-order chi connectivity index (χ1) is 26.3. The average Bonchev–Trinajstić information content (AvgIpc) is 3.84. The summed E-state index contributed by atoms with van der Waals surface area (Å²) in [6, 6.07) is 72.8. The number of hydrogen-bond donors (Lipinski definition) is 0. The highest BCUT2D eigenvalue weighted by atomic mass is 14.5. The van der Waals surface area contributed by atoms with Gasteiger partial charge in [0, 0.05) is 0 Å². The van der Waals surface area contributed by atoms with Gasteiger partial charge in [0.25, 0.3) is 0 Å². The Hall–Kier alpha value is -6.76. The summed E-state index contributed by atoms with van der Waals surface area (Å²) < 4.78 is 0. The van der Waals surface area contributed by atoms with Crippen molar-refractivity contribution in [3.63, 3.8) is 0 Å². The smallest absolute Gasteiger partial charge is 0.0622 e. The minimum atomic E-state index is -0.400. The van der Waals surface area contributed by atoms with Crippen molar-refractivity contribution in [2.45, 2.75) is 5.41 Å². The lowest BCUT2D eigenvalue weighted by molar-refractivity contribution is 0.794. The summed E-state index contributed by atoms with van der Waals surface area (Å²) in [7, 11) is 0. The van der Waals surface area contributed by atoms with E-state index in [0.717, 1.165) is 0 Å². The third-order valence-electron chi connectivity index (χ3n) is 12.2. The molecule has 3 aliphatic carbocycles. The summed E-state index contributed by atoms with van der Waals surface area (Å²) in [5, 5.41) is 2.63. The van der Waals surface area contributed by atoms with Gasteiger partial charge in [-0.1, -0.05) is 182 Å². The van der Waals surface area contributed by atoms with Crippen molar-refractivity contribution in [2.24, 2.45) is 0 Å². The maximum Gasteiger partial charge on any atom is 0.0725 e. The van der Waals surface area contributed by atoms with Gasteiger partial charge >= 0.3 is 0 Å². The molecule has 0 saturated heterocycles. The van der Waals surface area contributed by atoms with E-state index in [1.54, 1.807) is 0 Å². The second kappa shape index (κ2) is 10.6. The minimum Gasteiger partial charge on any atom is -0.0622 e. The second-order valence-electron chi connectivity index (χ2n) is 14.7. The summed E-state index contributed by atoms with van der Waals surface area (Å²) in [6.07, 6.45) is 0. The third kappa shape index (κ3) is 3.70. The zero-order valence-electron chi connectivity index (χ0n) is 29.0. The largest absolute Gasteiger partial charge is 0.0725 e. The molecule has 3 aliphatic rings. The Balaban J connectivity index is 1.22. The zero-order chi connectivity index (χ0) is 34.7. The van der Waals surface area contributed by atoms with Crippen LogP contribution in [0.2, 0.25) is 0 Å². The molecule has 53 heavy (non-hydrogen) atoms. The van der Waals surface area contributed by atoms with Crippen LogP contribution in [0, 0.1) is 0 Å². The monoisotopic (exact) mass is 668 g/mol. The molecule has 0 atom stereocenters. The molecule has 0 radical (unpaired) electrons. The number of rotatable bonds is 3. The Morgan fingerprint density at radius 1 is 0.245 bits per heavy atom. The van der Waals surface area contributed by atoms with Gasteiger partial charge in [0.1, 0.15) is 0 Å². The van der Waals surface area contributed by atoms with Crippen LogP contribution in [0.1, 0.15) is 22.3 Å². The van der Waals surface area contributed by atoms with Gasteiger partial charge in [-0.25, -0.2) is 0 Å². The molecule has 9 aromatic carbocycles. The van der Waals surface area contributed by atoms with Crippen molar-refractivity contribution in [1.29, 1.82) is 0 Å². The molecular weight excluding hydrogens is 637 g/mol. The van der Waals surface area contributed by atoms with Crippen LogP contribution in [0.25, 0.3) is 88.7 Å². The molecule has 0 amide bonds. The lowest BCUT2D eigenvalue weighted by atomic mass is 9.70.